The summed E-state index contributed by atoms with van der Waals surface area (Å²) in [6, 6.07) is 7.83. The summed E-state index contributed by atoms with van der Waals surface area (Å²) in [4.78, 5) is 7.95. The smallest absolute Gasteiger partial charge is 0.191 e. The van der Waals surface area contributed by atoms with Crippen molar-refractivity contribution in [3.8, 4) is 0 Å². The molecular formula is C24H31ClN4O4. The number of halogens is 1. The number of rotatable bonds is 1. The van der Waals surface area contributed by atoms with Crippen molar-refractivity contribution in [3.63, 3.8) is 0 Å². The highest BCUT2D eigenvalue weighted by atomic mass is 35.5. The van der Waals surface area contributed by atoms with E-state index >= 15 is 0 Å². The molecule has 5 rings (SSSR count). The fourth-order valence-corrected chi connectivity index (χ4v) is 4.39. The van der Waals surface area contributed by atoms with E-state index in [0.29, 0.717) is 19.0 Å². The molecule has 0 aliphatic carbocycles. The number of nitrogens with two attached hydrogens (primary N) is 1. The van der Waals surface area contributed by atoms with Crippen molar-refractivity contribution in [1.82, 2.24) is 14.5 Å². The topological polar surface area (TPSA) is 93.7 Å². The van der Waals surface area contributed by atoms with Gasteiger partial charge in [-0.25, -0.2) is 9.97 Å². The Morgan fingerprint density at radius 3 is 2.76 bits per heavy atom. The van der Waals surface area contributed by atoms with Gasteiger partial charge in [0.05, 0.1) is 18.1 Å². The van der Waals surface area contributed by atoms with E-state index in [4.69, 9.17) is 36.3 Å². The minimum absolute atomic E-state index is 0.0181. The molecule has 178 valence electrons. The maximum atomic E-state index is 6.13. The molecule has 3 atom stereocenters. The summed E-state index contributed by atoms with van der Waals surface area (Å²) in [6.45, 7) is 6.96. The average molecular weight is 475 g/mol. The van der Waals surface area contributed by atoms with E-state index in [2.05, 4.69) is 9.97 Å². The molecule has 0 bridgehead atoms. The third kappa shape index (κ3) is 5.65. The summed E-state index contributed by atoms with van der Waals surface area (Å²) in [5.41, 5.74) is 8.78. The molecule has 2 aromatic heterocycles. The molecular weight excluding hydrogens is 444 g/mol. The Hall–Kier alpha value is -2.23. The molecule has 8 nitrogen and oxygen atoms in total. The summed E-state index contributed by atoms with van der Waals surface area (Å²) in [5.74, 6) is -0.168. The minimum Gasteiger partial charge on any atom is -0.383 e. The predicted molar refractivity (Wildman–Crippen MR) is 127 cm³/mol. The average Bonchev–Trinajstić information content (AvgIpc) is 2.93. The van der Waals surface area contributed by atoms with E-state index in [1.165, 1.54) is 11.9 Å². The Kier molecular flexibility index (Phi) is 7.21. The van der Waals surface area contributed by atoms with Crippen LogP contribution in [0.1, 0.15) is 44.4 Å². The number of hydrogen-bond acceptors (Lipinski definition) is 7. The molecule has 3 unspecified atom stereocenters. The van der Waals surface area contributed by atoms with Gasteiger partial charge in [-0.2, -0.15) is 0 Å². The molecule has 1 saturated heterocycles. The quantitative estimate of drug-likeness (QED) is 0.558. The normalized spacial score (nSPS) is 24.8. The molecule has 2 aliphatic rings. The van der Waals surface area contributed by atoms with Crippen LogP contribution in [0.5, 0.6) is 0 Å². The van der Waals surface area contributed by atoms with Crippen LogP contribution in [0.3, 0.4) is 0 Å². The summed E-state index contributed by atoms with van der Waals surface area (Å²) in [6.07, 6.45) is 4.53. The first-order valence-electron chi connectivity index (χ1n) is 11.1. The lowest BCUT2D eigenvalue weighted by Gasteiger charge is -2.31. The van der Waals surface area contributed by atoms with Crippen LogP contribution in [-0.2, 0) is 32.4 Å². The molecule has 4 heterocycles. The first-order valence-corrected chi connectivity index (χ1v) is 11.5. The third-order valence-corrected chi connectivity index (χ3v) is 5.85. The van der Waals surface area contributed by atoms with Crippen LogP contribution in [0.4, 0.5) is 5.82 Å². The molecule has 0 saturated carbocycles. The van der Waals surface area contributed by atoms with Gasteiger partial charge in [0.2, 0.25) is 0 Å². The van der Waals surface area contributed by atoms with Crippen LogP contribution in [-0.4, -0.2) is 45.9 Å². The predicted octanol–water partition coefficient (Wildman–Crippen LogP) is 4.41. The van der Waals surface area contributed by atoms with Gasteiger partial charge in [0.25, 0.3) is 0 Å². The molecule has 1 aromatic carbocycles. The second-order valence-electron chi connectivity index (χ2n) is 8.81. The SMILES string of the molecule is CC1COC(C2OCCCc3cc(Cl)ccc32)OC(C)(C)O1.Cn1ccc2c(N)ncnc21. The van der Waals surface area contributed by atoms with Crippen molar-refractivity contribution < 1.29 is 18.9 Å². The second-order valence-corrected chi connectivity index (χ2v) is 9.25. The number of benzene rings is 1. The highest BCUT2D eigenvalue weighted by molar-refractivity contribution is 6.30. The van der Waals surface area contributed by atoms with Crippen molar-refractivity contribution in [2.75, 3.05) is 18.9 Å². The summed E-state index contributed by atoms with van der Waals surface area (Å²) < 4.78 is 25.8. The van der Waals surface area contributed by atoms with Crippen molar-refractivity contribution >= 4 is 28.5 Å². The van der Waals surface area contributed by atoms with Crippen LogP contribution in [0, 0.1) is 0 Å². The number of fused-ring (bicyclic) bond motifs is 2. The van der Waals surface area contributed by atoms with Crippen molar-refractivity contribution in [3.05, 3.63) is 52.9 Å². The van der Waals surface area contributed by atoms with Gasteiger partial charge < -0.3 is 29.2 Å². The number of aromatic nitrogens is 3. The molecule has 33 heavy (non-hydrogen) atoms. The van der Waals surface area contributed by atoms with Gasteiger partial charge in [-0.1, -0.05) is 17.7 Å². The number of anilines is 1. The zero-order chi connectivity index (χ0) is 23.6. The van der Waals surface area contributed by atoms with E-state index in [0.717, 1.165) is 34.5 Å². The number of ether oxygens (including phenoxy) is 4. The zero-order valence-corrected chi connectivity index (χ0v) is 20.2. The van der Waals surface area contributed by atoms with Gasteiger partial charge in [-0.05, 0) is 62.9 Å². The fraction of sp³-hybridized carbons (Fsp3) is 0.500. The number of nitrogen functional groups attached to an aromatic ring is 1. The van der Waals surface area contributed by atoms with Crippen LogP contribution in [0.25, 0.3) is 11.0 Å². The number of hydrogen-bond donors (Lipinski definition) is 1. The molecule has 9 heteroatoms. The Morgan fingerprint density at radius 1 is 1.15 bits per heavy atom. The second kappa shape index (κ2) is 9.95. The lowest BCUT2D eigenvalue weighted by molar-refractivity contribution is -0.292. The molecule has 0 spiro atoms. The Bertz CT molecular complexity index is 1100. The molecule has 2 aliphatic heterocycles. The lowest BCUT2D eigenvalue weighted by atomic mass is 9.99. The van der Waals surface area contributed by atoms with Gasteiger partial charge in [0.1, 0.15) is 23.9 Å². The van der Waals surface area contributed by atoms with Crippen LogP contribution in [0.2, 0.25) is 5.02 Å². The van der Waals surface area contributed by atoms with E-state index in [1.807, 2.05) is 62.8 Å². The Balaban J connectivity index is 0.000000196. The van der Waals surface area contributed by atoms with Gasteiger partial charge in [0, 0.05) is 24.9 Å². The third-order valence-electron chi connectivity index (χ3n) is 5.62. The first kappa shape index (κ1) is 23.9. The summed E-state index contributed by atoms with van der Waals surface area (Å²) >= 11 is 6.13. The van der Waals surface area contributed by atoms with Crippen molar-refractivity contribution in [1.29, 1.82) is 0 Å². The molecule has 0 amide bonds. The van der Waals surface area contributed by atoms with Gasteiger partial charge >= 0.3 is 0 Å². The van der Waals surface area contributed by atoms with Gasteiger partial charge in [0.15, 0.2) is 12.1 Å². The highest BCUT2D eigenvalue weighted by Crippen LogP contribution is 2.36. The molecule has 2 N–H and O–H groups in total. The zero-order valence-electron chi connectivity index (χ0n) is 19.5. The maximum Gasteiger partial charge on any atom is 0.191 e. The van der Waals surface area contributed by atoms with E-state index in [9.17, 15) is 0 Å². The standard InChI is InChI=1S/C17H23ClO4.C7H8N4/c1-11-10-20-16(22-17(2,3)21-11)15-14-7-6-13(18)9-12(14)5-4-8-19-15;1-11-3-2-5-6(8)9-4-10-7(5)11/h6-7,9,11,15-16H,4-5,8,10H2,1-3H3;2-4H,1H3,(H2,8,9,10). The molecule has 0 radical (unpaired) electrons. The van der Waals surface area contributed by atoms with Gasteiger partial charge in [-0.3, -0.25) is 0 Å². The monoisotopic (exact) mass is 474 g/mol. The Morgan fingerprint density at radius 2 is 1.97 bits per heavy atom. The fourth-order valence-electron chi connectivity index (χ4n) is 4.19. The molecule has 1 fully saturated rings. The minimum atomic E-state index is -0.706. The van der Waals surface area contributed by atoms with Crippen molar-refractivity contribution in [2.24, 2.45) is 7.05 Å². The summed E-state index contributed by atoms with van der Waals surface area (Å²) in [5, 5.41) is 1.66. The van der Waals surface area contributed by atoms with Gasteiger partial charge in [-0.15, -0.1) is 0 Å². The highest BCUT2D eigenvalue weighted by Gasteiger charge is 2.38. The van der Waals surface area contributed by atoms with E-state index < -0.39 is 12.1 Å². The maximum absolute atomic E-state index is 6.13. The first-order chi connectivity index (χ1) is 15.7. The van der Waals surface area contributed by atoms with E-state index in [-0.39, 0.29) is 12.2 Å². The number of aryl methyl sites for hydroxylation is 2. The number of nitrogens with zero attached hydrogens (tertiary/aromatic N) is 3. The Labute approximate surface area is 198 Å². The van der Waals surface area contributed by atoms with E-state index in [1.54, 1.807) is 0 Å². The van der Waals surface area contributed by atoms with Crippen LogP contribution >= 0.6 is 11.6 Å². The summed E-state index contributed by atoms with van der Waals surface area (Å²) in [7, 11) is 1.93. The lowest BCUT2D eigenvalue weighted by Crippen LogP contribution is -2.36. The molecule has 3 aromatic rings. The van der Waals surface area contributed by atoms with Crippen LogP contribution in [0.15, 0.2) is 36.8 Å². The van der Waals surface area contributed by atoms with Crippen LogP contribution < -0.4 is 5.73 Å². The largest absolute Gasteiger partial charge is 0.383 e. The van der Waals surface area contributed by atoms with Crippen molar-refractivity contribution in [2.45, 2.75) is 57.9 Å².